The summed E-state index contributed by atoms with van der Waals surface area (Å²) in [6, 6.07) is 16.6. The molecule has 158 valence electrons. The van der Waals surface area contributed by atoms with E-state index in [0.29, 0.717) is 23.4 Å². The number of pyridine rings is 1. The largest absolute Gasteiger partial charge is 0.513 e. The Morgan fingerprint density at radius 2 is 1.65 bits per heavy atom. The summed E-state index contributed by atoms with van der Waals surface area (Å²) in [6.45, 7) is 2.25. The molecule has 0 radical (unpaired) electrons. The quantitative estimate of drug-likeness (QED) is 0.446. The normalized spacial score (nSPS) is 10.1. The Labute approximate surface area is 179 Å². The molecule has 0 unspecified atom stereocenters. The molecule has 8 heteroatoms. The van der Waals surface area contributed by atoms with Crippen LogP contribution in [0, 0.1) is 0 Å². The van der Waals surface area contributed by atoms with Crippen LogP contribution in [-0.2, 0) is 11.3 Å². The fourth-order valence-corrected chi connectivity index (χ4v) is 2.61. The molecule has 0 fully saturated rings. The Bertz CT molecular complexity index is 1040. The molecule has 0 aliphatic carbocycles. The minimum Gasteiger partial charge on any atom is -0.434 e. The van der Waals surface area contributed by atoms with Gasteiger partial charge in [-0.05, 0) is 61.0 Å². The summed E-state index contributed by atoms with van der Waals surface area (Å²) in [5.74, 6) is -0.228. The zero-order chi connectivity index (χ0) is 22.1. The number of nitrogens with one attached hydrogen (secondary N) is 2. The molecule has 0 atom stereocenters. The van der Waals surface area contributed by atoms with Crippen LogP contribution < -0.4 is 15.4 Å². The molecule has 0 aliphatic rings. The summed E-state index contributed by atoms with van der Waals surface area (Å²) in [4.78, 5) is 39.7. The van der Waals surface area contributed by atoms with E-state index in [9.17, 15) is 14.4 Å². The number of anilines is 1. The first-order chi connectivity index (χ1) is 15.0. The Hall–Kier alpha value is -4.20. The van der Waals surface area contributed by atoms with Crippen LogP contribution in [0.2, 0.25) is 0 Å². The van der Waals surface area contributed by atoms with Gasteiger partial charge in [0.2, 0.25) is 0 Å². The van der Waals surface area contributed by atoms with Crippen molar-refractivity contribution in [2.24, 2.45) is 0 Å². The highest BCUT2D eigenvalue weighted by molar-refractivity contribution is 6.04. The highest BCUT2D eigenvalue weighted by Crippen LogP contribution is 2.15. The first-order valence-corrected chi connectivity index (χ1v) is 9.58. The molecule has 2 N–H and O–H groups in total. The van der Waals surface area contributed by atoms with Crippen LogP contribution in [0.25, 0.3) is 0 Å². The zero-order valence-electron chi connectivity index (χ0n) is 16.8. The van der Waals surface area contributed by atoms with Crippen LogP contribution in [0.4, 0.5) is 10.5 Å². The van der Waals surface area contributed by atoms with Crippen LogP contribution in [0.3, 0.4) is 0 Å². The molecule has 0 spiro atoms. The van der Waals surface area contributed by atoms with Gasteiger partial charge in [-0.25, -0.2) is 4.79 Å². The maximum atomic E-state index is 12.4. The predicted molar refractivity (Wildman–Crippen MR) is 114 cm³/mol. The van der Waals surface area contributed by atoms with E-state index in [1.54, 1.807) is 49.5 Å². The second kappa shape index (κ2) is 10.5. The van der Waals surface area contributed by atoms with Gasteiger partial charge >= 0.3 is 6.16 Å². The smallest absolute Gasteiger partial charge is 0.434 e. The summed E-state index contributed by atoms with van der Waals surface area (Å²) in [6.07, 6.45) is 2.32. The van der Waals surface area contributed by atoms with E-state index in [1.165, 1.54) is 18.3 Å². The molecule has 2 amide bonds. The summed E-state index contributed by atoms with van der Waals surface area (Å²) < 4.78 is 9.66. The number of hydrogen-bond acceptors (Lipinski definition) is 6. The Kier molecular flexibility index (Phi) is 7.31. The topological polar surface area (TPSA) is 107 Å². The standard InChI is InChI=1S/C23H21N3O5/c1-2-30-23(29)31-20-11-7-17(8-12-20)22(28)26-19-9-5-16(6-10-19)14-25-21(27)18-4-3-13-24-15-18/h3-13,15H,2,14H2,1H3,(H,25,27)(H,26,28). The molecule has 31 heavy (non-hydrogen) atoms. The van der Waals surface area contributed by atoms with E-state index in [4.69, 9.17) is 9.47 Å². The predicted octanol–water partition coefficient (Wildman–Crippen LogP) is 3.80. The number of nitrogens with zero attached hydrogens (tertiary/aromatic N) is 1. The molecule has 0 saturated heterocycles. The van der Waals surface area contributed by atoms with E-state index in [-0.39, 0.29) is 24.2 Å². The second-order valence-corrected chi connectivity index (χ2v) is 6.38. The Balaban J connectivity index is 1.51. The van der Waals surface area contributed by atoms with Gasteiger partial charge < -0.3 is 20.1 Å². The molecular formula is C23H21N3O5. The fraction of sp³-hybridized carbons (Fsp3) is 0.130. The third-order valence-corrected chi connectivity index (χ3v) is 4.17. The lowest BCUT2D eigenvalue weighted by atomic mass is 10.1. The molecule has 1 heterocycles. The maximum absolute atomic E-state index is 12.4. The molecule has 0 saturated carbocycles. The maximum Gasteiger partial charge on any atom is 0.513 e. The van der Waals surface area contributed by atoms with Crippen LogP contribution >= 0.6 is 0 Å². The minimum atomic E-state index is -0.795. The first-order valence-electron chi connectivity index (χ1n) is 9.58. The van der Waals surface area contributed by atoms with Gasteiger partial charge in [-0.3, -0.25) is 14.6 Å². The van der Waals surface area contributed by atoms with Crippen LogP contribution in [0.15, 0.2) is 73.1 Å². The third-order valence-electron chi connectivity index (χ3n) is 4.17. The van der Waals surface area contributed by atoms with Crippen molar-refractivity contribution in [3.8, 4) is 5.75 Å². The third kappa shape index (κ3) is 6.40. The monoisotopic (exact) mass is 419 g/mol. The van der Waals surface area contributed by atoms with E-state index in [1.807, 2.05) is 12.1 Å². The first kappa shape index (κ1) is 21.5. The van der Waals surface area contributed by atoms with Gasteiger partial charge in [-0.1, -0.05) is 12.1 Å². The molecule has 2 aromatic carbocycles. The van der Waals surface area contributed by atoms with E-state index < -0.39 is 6.16 Å². The van der Waals surface area contributed by atoms with E-state index in [2.05, 4.69) is 15.6 Å². The van der Waals surface area contributed by atoms with Crippen molar-refractivity contribution < 1.29 is 23.9 Å². The van der Waals surface area contributed by atoms with Crippen molar-refractivity contribution in [2.45, 2.75) is 13.5 Å². The van der Waals surface area contributed by atoms with Crippen molar-refractivity contribution in [3.63, 3.8) is 0 Å². The van der Waals surface area contributed by atoms with Crippen LogP contribution in [0.5, 0.6) is 5.75 Å². The average molecular weight is 419 g/mol. The molecule has 8 nitrogen and oxygen atoms in total. The average Bonchev–Trinajstić information content (AvgIpc) is 2.79. The van der Waals surface area contributed by atoms with Gasteiger partial charge in [0.25, 0.3) is 11.8 Å². The Morgan fingerprint density at radius 3 is 2.29 bits per heavy atom. The van der Waals surface area contributed by atoms with E-state index >= 15 is 0 Å². The van der Waals surface area contributed by atoms with Gasteiger partial charge in [0.1, 0.15) is 5.75 Å². The van der Waals surface area contributed by atoms with Crippen LogP contribution in [0.1, 0.15) is 33.2 Å². The highest BCUT2D eigenvalue weighted by atomic mass is 16.7. The lowest BCUT2D eigenvalue weighted by Gasteiger charge is -2.09. The van der Waals surface area contributed by atoms with Gasteiger partial charge in [0, 0.05) is 30.2 Å². The SMILES string of the molecule is CCOC(=O)Oc1ccc(C(=O)Nc2ccc(CNC(=O)c3cccnc3)cc2)cc1. The summed E-state index contributed by atoms with van der Waals surface area (Å²) in [5, 5.41) is 5.61. The van der Waals surface area contributed by atoms with Crippen molar-refractivity contribution >= 4 is 23.7 Å². The minimum absolute atomic E-state index is 0.208. The number of hydrogen-bond donors (Lipinski definition) is 2. The second-order valence-electron chi connectivity index (χ2n) is 6.38. The summed E-state index contributed by atoms with van der Waals surface area (Å²) >= 11 is 0. The van der Waals surface area contributed by atoms with Gasteiger partial charge in [0.15, 0.2) is 0 Å². The number of rotatable bonds is 7. The molecule has 1 aromatic heterocycles. The van der Waals surface area contributed by atoms with Crippen molar-refractivity contribution in [1.82, 2.24) is 10.3 Å². The molecule has 3 rings (SSSR count). The number of carbonyl (C=O) groups excluding carboxylic acids is 3. The van der Waals surface area contributed by atoms with Crippen molar-refractivity contribution in [3.05, 3.63) is 89.7 Å². The number of ether oxygens (including phenoxy) is 2. The summed E-state index contributed by atoms with van der Waals surface area (Å²) in [7, 11) is 0. The van der Waals surface area contributed by atoms with Gasteiger partial charge in [-0.2, -0.15) is 0 Å². The number of carbonyl (C=O) groups is 3. The molecular weight excluding hydrogens is 398 g/mol. The summed E-state index contributed by atoms with van der Waals surface area (Å²) in [5.41, 5.74) is 2.39. The lowest BCUT2D eigenvalue weighted by molar-refractivity contribution is 0.0949. The van der Waals surface area contributed by atoms with Gasteiger partial charge in [0.05, 0.1) is 12.2 Å². The fourth-order valence-electron chi connectivity index (χ4n) is 2.61. The molecule has 3 aromatic rings. The number of benzene rings is 2. The number of amides is 2. The highest BCUT2D eigenvalue weighted by Gasteiger charge is 2.09. The van der Waals surface area contributed by atoms with Crippen molar-refractivity contribution in [2.75, 3.05) is 11.9 Å². The lowest BCUT2D eigenvalue weighted by Crippen LogP contribution is -2.22. The molecule has 0 bridgehead atoms. The Morgan fingerprint density at radius 1 is 0.903 bits per heavy atom. The van der Waals surface area contributed by atoms with E-state index in [0.717, 1.165) is 5.56 Å². The molecule has 0 aliphatic heterocycles. The van der Waals surface area contributed by atoms with Crippen molar-refractivity contribution in [1.29, 1.82) is 0 Å². The zero-order valence-corrected chi connectivity index (χ0v) is 16.8. The number of aromatic nitrogens is 1. The van der Waals surface area contributed by atoms with Crippen LogP contribution in [-0.4, -0.2) is 29.6 Å². The van der Waals surface area contributed by atoms with Gasteiger partial charge in [-0.15, -0.1) is 0 Å².